The molecule has 2 aliphatic rings. The molecular weight excluding hydrogens is 576 g/mol. The van der Waals surface area contributed by atoms with Gasteiger partial charge in [-0.25, -0.2) is 12.4 Å². The lowest BCUT2D eigenvalue weighted by molar-refractivity contribution is 0.154. The number of ether oxygens (including phenoxy) is 3. The zero-order valence-corrected chi connectivity index (χ0v) is 26.2. The first-order valence-corrected chi connectivity index (χ1v) is 16.5. The summed E-state index contributed by atoms with van der Waals surface area (Å²) < 4.78 is 46.1. The van der Waals surface area contributed by atoms with E-state index in [0.717, 1.165) is 57.9 Å². The number of benzene rings is 2. The van der Waals surface area contributed by atoms with Gasteiger partial charge in [-0.1, -0.05) is 30.7 Å². The van der Waals surface area contributed by atoms with Crippen molar-refractivity contribution < 1.29 is 22.6 Å². The van der Waals surface area contributed by atoms with E-state index >= 15 is 0 Å². The number of methoxy groups -OCH3 is 1. The molecule has 0 aliphatic heterocycles. The van der Waals surface area contributed by atoms with Gasteiger partial charge >= 0.3 is 0 Å². The van der Waals surface area contributed by atoms with Gasteiger partial charge in [0.05, 0.1) is 13.2 Å². The second-order valence-corrected chi connectivity index (χ2v) is 14.1. The minimum Gasteiger partial charge on any atom is -0.497 e. The molecule has 1 atom stereocenters. The van der Waals surface area contributed by atoms with Crippen molar-refractivity contribution in [2.45, 2.75) is 69.8 Å². The summed E-state index contributed by atoms with van der Waals surface area (Å²) in [5, 5.41) is 0.575. The number of aromatic nitrogens is 2. The highest BCUT2D eigenvalue weighted by molar-refractivity contribution is 7.91. The van der Waals surface area contributed by atoms with E-state index in [-0.39, 0.29) is 18.0 Å². The number of hydrogen-bond donors (Lipinski definition) is 1. The van der Waals surface area contributed by atoms with Gasteiger partial charge in [0.25, 0.3) is 5.56 Å². The number of H-pyrrole nitrogens is 1. The number of allylic oxidation sites excluding steroid dienone is 3. The molecule has 0 saturated heterocycles. The van der Waals surface area contributed by atoms with Crippen LogP contribution < -0.4 is 19.8 Å². The molecule has 6 rings (SSSR count). The van der Waals surface area contributed by atoms with E-state index in [4.69, 9.17) is 14.2 Å². The van der Waals surface area contributed by atoms with Gasteiger partial charge in [0, 0.05) is 23.3 Å². The van der Waals surface area contributed by atoms with Crippen LogP contribution in [0.1, 0.15) is 63.5 Å². The molecule has 2 aliphatic carbocycles. The maximum Gasteiger partial charge on any atom is 0.273 e. The Balaban J connectivity index is 1.32. The lowest BCUT2D eigenvalue weighted by atomic mass is 9.87. The summed E-state index contributed by atoms with van der Waals surface area (Å²) in [7, 11) is -2.35. The van der Waals surface area contributed by atoms with Gasteiger partial charge in [-0.3, -0.25) is 4.79 Å². The summed E-state index contributed by atoms with van der Waals surface area (Å²) in [4.78, 5) is 15.2. The second kappa shape index (κ2) is 12.0. The Kier molecular flexibility index (Phi) is 8.16. The van der Waals surface area contributed by atoms with E-state index < -0.39 is 20.3 Å². The number of pyridine rings is 1. The third-order valence-corrected chi connectivity index (χ3v) is 11.4. The fraction of sp³-hybridized carbons (Fsp3) is 0.343. The largest absolute Gasteiger partial charge is 0.497 e. The van der Waals surface area contributed by atoms with Crippen LogP contribution >= 0.6 is 0 Å². The SMILES string of the molecule is COc1ccc(COc2ccc(OC3CCCCC3)c(C3=CCC(C)(S(=O)(=O)n4ccc5cc[nH]c(=O)c54)C(C)=C3)c2)cc1. The van der Waals surface area contributed by atoms with Crippen molar-refractivity contribution in [2.24, 2.45) is 0 Å². The van der Waals surface area contributed by atoms with E-state index in [1.54, 1.807) is 26.2 Å². The maximum atomic E-state index is 14.1. The average molecular weight is 615 g/mol. The Hall–Kier alpha value is -4.24. The second-order valence-electron chi connectivity index (χ2n) is 11.8. The Bertz CT molecular complexity index is 1900. The fourth-order valence-corrected chi connectivity index (χ4v) is 7.92. The highest BCUT2D eigenvalue weighted by Gasteiger charge is 2.43. The molecule has 0 bridgehead atoms. The molecule has 1 fully saturated rings. The summed E-state index contributed by atoms with van der Waals surface area (Å²) in [6.07, 6.45) is 12.8. The number of nitrogens with one attached hydrogen (secondary N) is 1. The Labute approximate surface area is 258 Å². The monoisotopic (exact) mass is 614 g/mol. The van der Waals surface area contributed by atoms with Crippen molar-refractivity contribution in [1.29, 1.82) is 0 Å². The zero-order valence-electron chi connectivity index (χ0n) is 25.3. The van der Waals surface area contributed by atoms with Gasteiger partial charge in [-0.05, 0) is 105 Å². The smallest absolute Gasteiger partial charge is 0.273 e. The van der Waals surface area contributed by atoms with Crippen LogP contribution in [0, 0.1) is 0 Å². The molecule has 230 valence electrons. The molecule has 2 aromatic carbocycles. The quantitative estimate of drug-likeness (QED) is 0.218. The van der Waals surface area contributed by atoms with Gasteiger partial charge in [0.2, 0.25) is 10.0 Å². The van der Waals surface area contributed by atoms with Crippen molar-refractivity contribution in [2.75, 3.05) is 7.11 Å². The van der Waals surface area contributed by atoms with Crippen molar-refractivity contribution in [3.8, 4) is 17.2 Å². The first-order valence-electron chi connectivity index (χ1n) is 15.1. The minimum absolute atomic E-state index is 0.126. The Morgan fingerprint density at radius 3 is 2.48 bits per heavy atom. The van der Waals surface area contributed by atoms with E-state index in [2.05, 4.69) is 4.98 Å². The summed E-state index contributed by atoms with van der Waals surface area (Å²) >= 11 is 0. The molecular formula is C35H38N2O6S. The van der Waals surface area contributed by atoms with Crippen molar-refractivity contribution >= 4 is 26.5 Å². The van der Waals surface area contributed by atoms with Gasteiger partial charge in [-0.2, -0.15) is 0 Å². The minimum atomic E-state index is -3.99. The summed E-state index contributed by atoms with van der Waals surface area (Å²) in [5.74, 6) is 2.24. The molecule has 0 amide bonds. The molecule has 2 aromatic heterocycles. The molecule has 0 radical (unpaired) electrons. The molecule has 9 heteroatoms. The van der Waals surface area contributed by atoms with Gasteiger partial charge in [-0.15, -0.1) is 0 Å². The fourth-order valence-electron chi connectivity index (χ4n) is 6.07. The number of nitrogens with zero attached hydrogens (tertiary/aromatic N) is 1. The number of aromatic amines is 1. The lowest BCUT2D eigenvalue weighted by Gasteiger charge is -2.33. The standard InChI is InChI=1S/C35H38N2O6S/c1-24-21-27(15-18-35(24,2)44(39,40)37-20-17-26-16-19-36-34(38)33(26)37)31-22-30(42-23-25-9-11-28(41-3)12-10-25)13-14-32(31)43-29-7-5-4-6-8-29/h9-17,19-22,29H,4-8,18,23H2,1-3H3,(H,36,38). The summed E-state index contributed by atoms with van der Waals surface area (Å²) in [6.45, 7) is 3.95. The van der Waals surface area contributed by atoms with Gasteiger partial charge in [0.15, 0.2) is 0 Å². The molecule has 0 spiro atoms. The van der Waals surface area contributed by atoms with Crippen molar-refractivity contribution in [3.05, 3.63) is 106 Å². The molecule has 2 heterocycles. The number of fused-ring (bicyclic) bond motifs is 1. The van der Waals surface area contributed by atoms with Crippen LogP contribution in [0.4, 0.5) is 0 Å². The van der Waals surface area contributed by atoms with Crippen molar-refractivity contribution in [1.82, 2.24) is 8.96 Å². The van der Waals surface area contributed by atoms with E-state index in [1.807, 2.05) is 61.5 Å². The maximum absolute atomic E-state index is 14.1. The highest BCUT2D eigenvalue weighted by atomic mass is 32.2. The van der Waals surface area contributed by atoms with E-state index in [0.29, 0.717) is 23.3 Å². The van der Waals surface area contributed by atoms with Crippen LogP contribution in [-0.2, 0) is 16.6 Å². The number of rotatable bonds is 9. The third-order valence-electron chi connectivity index (χ3n) is 8.99. The molecule has 44 heavy (non-hydrogen) atoms. The van der Waals surface area contributed by atoms with Crippen LogP contribution in [0.25, 0.3) is 16.5 Å². The molecule has 1 N–H and O–H groups in total. The molecule has 1 unspecified atom stereocenters. The van der Waals surface area contributed by atoms with Crippen LogP contribution in [0.5, 0.6) is 17.2 Å². The highest BCUT2D eigenvalue weighted by Crippen LogP contribution is 2.42. The predicted molar refractivity (Wildman–Crippen MR) is 173 cm³/mol. The molecule has 4 aromatic rings. The molecule has 1 saturated carbocycles. The number of hydrogen-bond acceptors (Lipinski definition) is 6. The average Bonchev–Trinajstić information content (AvgIpc) is 3.49. The first kappa shape index (κ1) is 29.8. The van der Waals surface area contributed by atoms with Gasteiger partial charge < -0.3 is 19.2 Å². The summed E-state index contributed by atoms with van der Waals surface area (Å²) in [5.41, 5.74) is 3.12. The third kappa shape index (κ3) is 5.56. The Morgan fingerprint density at radius 2 is 1.75 bits per heavy atom. The van der Waals surface area contributed by atoms with E-state index in [9.17, 15) is 13.2 Å². The molecule has 8 nitrogen and oxygen atoms in total. The normalized spacial score (nSPS) is 19.3. The van der Waals surface area contributed by atoms with Crippen molar-refractivity contribution in [3.63, 3.8) is 0 Å². The van der Waals surface area contributed by atoms with Crippen LogP contribution in [0.2, 0.25) is 0 Å². The van der Waals surface area contributed by atoms with Crippen LogP contribution in [0.15, 0.2) is 89.5 Å². The van der Waals surface area contributed by atoms with E-state index in [1.165, 1.54) is 18.8 Å². The lowest BCUT2D eigenvalue weighted by Crippen LogP contribution is -2.41. The predicted octanol–water partition coefficient (Wildman–Crippen LogP) is 7.00. The summed E-state index contributed by atoms with van der Waals surface area (Å²) in [6, 6.07) is 17.0. The topological polar surface area (TPSA) is 99.6 Å². The van der Waals surface area contributed by atoms with Crippen LogP contribution in [-0.4, -0.2) is 35.3 Å². The van der Waals surface area contributed by atoms with Gasteiger partial charge in [0.1, 0.15) is 34.1 Å². The Morgan fingerprint density at radius 1 is 1.00 bits per heavy atom. The van der Waals surface area contributed by atoms with Crippen LogP contribution in [0.3, 0.4) is 0 Å². The first-order chi connectivity index (χ1) is 21.2. The zero-order chi connectivity index (χ0) is 30.9.